The predicted molar refractivity (Wildman–Crippen MR) is 76.3 cm³/mol. The summed E-state index contributed by atoms with van der Waals surface area (Å²) in [6.45, 7) is 4.31. The molecule has 1 atom stereocenters. The van der Waals surface area contributed by atoms with Crippen LogP contribution in [0.1, 0.15) is 31.4 Å². The van der Waals surface area contributed by atoms with Crippen molar-refractivity contribution in [2.75, 3.05) is 31.7 Å². The lowest BCUT2D eigenvalue weighted by atomic mass is 9.96. The van der Waals surface area contributed by atoms with E-state index in [4.69, 9.17) is 4.74 Å². The second-order valence-corrected chi connectivity index (χ2v) is 4.75. The first kappa shape index (κ1) is 14.0. The second-order valence-electron chi connectivity index (χ2n) is 4.75. The number of nitrogens with one attached hydrogen (secondary N) is 1. The van der Waals surface area contributed by atoms with Crippen molar-refractivity contribution in [3.05, 3.63) is 29.8 Å². The number of ether oxygens (including phenoxy) is 1. The van der Waals surface area contributed by atoms with Crippen LogP contribution in [0.4, 0.5) is 5.69 Å². The highest BCUT2D eigenvalue weighted by Gasteiger charge is 2.27. The van der Waals surface area contributed by atoms with Gasteiger partial charge in [-0.05, 0) is 24.6 Å². The molecule has 0 aliphatic carbocycles. The molecular formula is C15H22N2O2. The van der Waals surface area contributed by atoms with Crippen LogP contribution >= 0.6 is 0 Å². The first-order valence-electron chi connectivity index (χ1n) is 6.89. The minimum Gasteiger partial charge on any atom is -0.384 e. The average Bonchev–Trinajstić information content (AvgIpc) is 2.45. The molecule has 19 heavy (non-hydrogen) atoms. The highest BCUT2D eigenvalue weighted by atomic mass is 16.5. The van der Waals surface area contributed by atoms with E-state index >= 15 is 0 Å². The van der Waals surface area contributed by atoms with Gasteiger partial charge in [0.05, 0.1) is 13.0 Å². The number of hydrogen-bond donors (Lipinski definition) is 1. The Morgan fingerprint density at radius 2 is 2.26 bits per heavy atom. The number of anilines is 1. The molecule has 0 spiro atoms. The zero-order valence-corrected chi connectivity index (χ0v) is 11.7. The fourth-order valence-corrected chi connectivity index (χ4v) is 2.60. The number of fused-ring (bicyclic) bond motifs is 1. The standard InChI is InChI=1S/C15H22N2O2/c1-3-16-13-8-10-17(15(18)9-11-19-2)14-7-5-4-6-12(13)14/h4-7,13,16H,3,8-11H2,1-2H3. The van der Waals surface area contributed by atoms with Gasteiger partial charge in [0.15, 0.2) is 0 Å². The summed E-state index contributed by atoms with van der Waals surface area (Å²) in [5.41, 5.74) is 2.27. The van der Waals surface area contributed by atoms with Gasteiger partial charge >= 0.3 is 0 Å². The molecule has 0 aromatic heterocycles. The van der Waals surface area contributed by atoms with Crippen LogP contribution < -0.4 is 10.2 Å². The smallest absolute Gasteiger partial charge is 0.229 e. The van der Waals surface area contributed by atoms with Gasteiger partial charge in [-0.15, -0.1) is 0 Å². The highest BCUT2D eigenvalue weighted by Crippen LogP contribution is 2.33. The van der Waals surface area contributed by atoms with Crippen molar-refractivity contribution >= 4 is 11.6 Å². The van der Waals surface area contributed by atoms with Crippen LogP contribution in [0, 0.1) is 0 Å². The van der Waals surface area contributed by atoms with E-state index in [1.165, 1.54) is 5.56 Å². The first-order chi connectivity index (χ1) is 9.27. The van der Waals surface area contributed by atoms with Crippen molar-refractivity contribution in [3.8, 4) is 0 Å². The Kier molecular flexibility index (Phi) is 4.93. The summed E-state index contributed by atoms with van der Waals surface area (Å²) >= 11 is 0. The van der Waals surface area contributed by atoms with Crippen molar-refractivity contribution in [1.29, 1.82) is 0 Å². The van der Waals surface area contributed by atoms with E-state index in [0.717, 1.165) is 25.2 Å². The summed E-state index contributed by atoms with van der Waals surface area (Å²) in [4.78, 5) is 14.1. The molecule has 1 unspecified atom stereocenters. The van der Waals surface area contributed by atoms with Crippen molar-refractivity contribution in [2.24, 2.45) is 0 Å². The van der Waals surface area contributed by atoms with Gasteiger partial charge in [-0.25, -0.2) is 0 Å². The molecule has 0 saturated carbocycles. The highest BCUT2D eigenvalue weighted by molar-refractivity contribution is 5.94. The lowest BCUT2D eigenvalue weighted by Gasteiger charge is -2.34. The Balaban J connectivity index is 2.20. The number of carbonyl (C=O) groups is 1. The van der Waals surface area contributed by atoms with Crippen LogP contribution in [0.2, 0.25) is 0 Å². The summed E-state index contributed by atoms with van der Waals surface area (Å²) in [7, 11) is 1.62. The van der Waals surface area contributed by atoms with Crippen LogP contribution in [0.15, 0.2) is 24.3 Å². The van der Waals surface area contributed by atoms with Crippen molar-refractivity contribution in [2.45, 2.75) is 25.8 Å². The molecular weight excluding hydrogens is 240 g/mol. The van der Waals surface area contributed by atoms with Crippen molar-refractivity contribution < 1.29 is 9.53 Å². The third kappa shape index (κ3) is 3.14. The minimum atomic E-state index is 0.143. The average molecular weight is 262 g/mol. The fraction of sp³-hybridized carbons (Fsp3) is 0.533. The molecule has 1 aliphatic heterocycles. The fourth-order valence-electron chi connectivity index (χ4n) is 2.60. The number of benzene rings is 1. The molecule has 2 rings (SSSR count). The SMILES string of the molecule is CCNC1CCN(C(=O)CCOC)c2ccccc21. The topological polar surface area (TPSA) is 41.6 Å². The zero-order valence-electron chi connectivity index (χ0n) is 11.7. The minimum absolute atomic E-state index is 0.143. The molecule has 1 heterocycles. The van der Waals surface area contributed by atoms with Crippen molar-refractivity contribution in [1.82, 2.24) is 5.32 Å². The number of carbonyl (C=O) groups excluding carboxylic acids is 1. The van der Waals surface area contributed by atoms with Crippen LogP contribution in [0.25, 0.3) is 0 Å². The Morgan fingerprint density at radius 1 is 1.47 bits per heavy atom. The molecule has 1 aromatic carbocycles. The summed E-state index contributed by atoms with van der Waals surface area (Å²) in [5, 5.41) is 3.48. The van der Waals surface area contributed by atoms with E-state index in [0.29, 0.717) is 19.1 Å². The van der Waals surface area contributed by atoms with Gasteiger partial charge in [-0.2, -0.15) is 0 Å². The summed E-state index contributed by atoms with van der Waals surface area (Å²) in [5.74, 6) is 0.143. The van der Waals surface area contributed by atoms with Gasteiger partial charge in [-0.1, -0.05) is 25.1 Å². The molecule has 0 saturated heterocycles. The maximum absolute atomic E-state index is 12.2. The van der Waals surface area contributed by atoms with Gasteiger partial charge in [0.25, 0.3) is 0 Å². The third-order valence-corrected chi connectivity index (χ3v) is 3.52. The van der Waals surface area contributed by atoms with E-state index in [2.05, 4.69) is 18.3 Å². The number of para-hydroxylation sites is 1. The number of hydrogen-bond acceptors (Lipinski definition) is 3. The number of amides is 1. The lowest BCUT2D eigenvalue weighted by molar-refractivity contribution is -0.119. The summed E-state index contributed by atoms with van der Waals surface area (Å²) in [6.07, 6.45) is 1.40. The number of rotatable bonds is 5. The number of nitrogens with zero attached hydrogens (tertiary/aromatic N) is 1. The molecule has 0 fully saturated rings. The van der Waals surface area contributed by atoms with Gasteiger partial charge in [0.2, 0.25) is 5.91 Å². The van der Waals surface area contributed by atoms with E-state index in [1.807, 2.05) is 23.1 Å². The molecule has 1 aromatic rings. The summed E-state index contributed by atoms with van der Waals surface area (Å²) < 4.78 is 4.99. The maximum Gasteiger partial charge on any atom is 0.229 e. The normalized spacial score (nSPS) is 18.2. The van der Waals surface area contributed by atoms with Gasteiger partial charge in [0, 0.05) is 25.4 Å². The van der Waals surface area contributed by atoms with Crippen molar-refractivity contribution in [3.63, 3.8) is 0 Å². The Morgan fingerprint density at radius 3 is 3.00 bits per heavy atom. The van der Waals surface area contributed by atoms with Crippen LogP contribution in [-0.4, -0.2) is 32.7 Å². The van der Waals surface area contributed by atoms with Crippen LogP contribution in [0.5, 0.6) is 0 Å². The monoisotopic (exact) mass is 262 g/mol. The van der Waals surface area contributed by atoms with Crippen LogP contribution in [-0.2, 0) is 9.53 Å². The molecule has 4 nitrogen and oxygen atoms in total. The molecule has 1 aliphatic rings. The molecule has 1 N–H and O–H groups in total. The zero-order chi connectivity index (χ0) is 13.7. The quantitative estimate of drug-likeness (QED) is 0.883. The Labute approximate surface area is 114 Å². The molecule has 104 valence electrons. The van der Waals surface area contributed by atoms with Gasteiger partial charge in [0.1, 0.15) is 0 Å². The first-order valence-corrected chi connectivity index (χ1v) is 6.89. The molecule has 1 amide bonds. The lowest BCUT2D eigenvalue weighted by Crippen LogP contribution is -2.40. The Hall–Kier alpha value is -1.39. The van der Waals surface area contributed by atoms with Gasteiger partial charge in [-0.3, -0.25) is 4.79 Å². The number of methoxy groups -OCH3 is 1. The molecule has 0 radical (unpaired) electrons. The van der Waals surface area contributed by atoms with Crippen LogP contribution in [0.3, 0.4) is 0 Å². The predicted octanol–water partition coefficient (Wildman–Crippen LogP) is 2.11. The molecule has 0 bridgehead atoms. The van der Waals surface area contributed by atoms with E-state index in [-0.39, 0.29) is 5.91 Å². The third-order valence-electron chi connectivity index (χ3n) is 3.52. The molecule has 4 heteroatoms. The Bertz CT molecular complexity index is 434. The largest absolute Gasteiger partial charge is 0.384 e. The van der Waals surface area contributed by atoms with E-state index in [9.17, 15) is 4.79 Å². The van der Waals surface area contributed by atoms with Gasteiger partial charge < -0.3 is 15.0 Å². The second kappa shape index (κ2) is 6.68. The van der Waals surface area contributed by atoms with E-state index < -0.39 is 0 Å². The maximum atomic E-state index is 12.2. The van der Waals surface area contributed by atoms with E-state index in [1.54, 1.807) is 7.11 Å². The summed E-state index contributed by atoms with van der Waals surface area (Å²) in [6, 6.07) is 8.52.